The van der Waals surface area contributed by atoms with Crippen LogP contribution in [0, 0.1) is 11.6 Å². The number of nitrogens with one attached hydrogen (secondary N) is 1. The van der Waals surface area contributed by atoms with Crippen molar-refractivity contribution in [2.24, 2.45) is 5.16 Å². The Balaban J connectivity index is 1.50. The van der Waals surface area contributed by atoms with Crippen LogP contribution in [-0.2, 0) is 4.84 Å². The Morgan fingerprint density at radius 3 is 2.67 bits per heavy atom. The van der Waals surface area contributed by atoms with Crippen molar-refractivity contribution in [1.82, 2.24) is 10.3 Å². The molecule has 0 saturated carbocycles. The van der Waals surface area contributed by atoms with Crippen LogP contribution in [0.15, 0.2) is 28.7 Å². The number of hydrogen-bond acceptors (Lipinski definition) is 5. The van der Waals surface area contributed by atoms with E-state index in [9.17, 15) is 8.78 Å². The third kappa shape index (κ3) is 2.93. The zero-order valence-corrected chi connectivity index (χ0v) is 13.8. The lowest BCUT2D eigenvalue weighted by Gasteiger charge is -2.20. The molecule has 0 radical (unpaired) electrons. The molecule has 1 N–H and O–H groups in total. The molecule has 126 valence electrons. The fraction of sp³-hybridized carbons (Fsp3) is 0.412. The lowest BCUT2D eigenvalue weighted by molar-refractivity contribution is 0.0800. The van der Waals surface area contributed by atoms with Crippen molar-refractivity contribution in [2.45, 2.75) is 31.3 Å². The van der Waals surface area contributed by atoms with Gasteiger partial charge in [0.1, 0.15) is 22.4 Å². The molecule has 1 saturated heterocycles. The summed E-state index contributed by atoms with van der Waals surface area (Å²) in [5.41, 5.74) is 1.68. The van der Waals surface area contributed by atoms with Gasteiger partial charge in [-0.3, -0.25) is 0 Å². The summed E-state index contributed by atoms with van der Waals surface area (Å²) in [5.74, 6) is -0.740. The topological polar surface area (TPSA) is 46.5 Å². The first kappa shape index (κ1) is 15.7. The van der Waals surface area contributed by atoms with Gasteiger partial charge in [-0.1, -0.05) is 11.2 Å². The molecule has 2 aliphatic heterocycles. The van der Waals surface area contributed by atoms with E-state index in [0.29, 0.717) is 18.1 Å². The minimum atomic E-state index is -0.729. The summed E-state index contributed by atoms with van der Waals surface area (Å²) in [6.07, 6.45) is 1.76. The first-order valence-electron chi connectivity index (χ1n) is 8.05. The van der Waals surface area contributed by atoms with E-state index >= 15 is 0 Å². The number of hydrogen-bond donors (Lipinski definition) is 1. The SMILES string of the molecule is Fc1cccc(F)c1C1CC(c2nc(C3CCNCC3)cs2)=NO1. The zero-order chi connectivity index (χ0) is 16.5. The third-order valence-corrected chi connectivity index (χ3v) is 5.43. The molecule has 24 heavy (non-hydrogen) atoms. The number of piperidine rings is 1. The minimum Gasteiger partial charge on any atom is -0.387 e. The van der Waals surface area contributed by atoms with Crippen LogP contribution in [0.1, 0.15) is 47.5 Å². The molecule has 1 atom stereocenters. The number of oxime groups is 1. The molecule has 0 amide bonds. The lowest BCUT2D eigenvalue weighted by Crippen LogP contribution is -2.26. The maximum atomic E-state index is 13.9. The predicted molar refractivity (Wildman–Crippen MR) is 88.3 cm³/mol. The molecule has 1 aromatic carbocycles. The first-order valence-corrected chi connectivity index (χ1v) is 8.93. The van der Waals surface area contributed by atoms with Crippen molar-refractivity contribution < 1.29 is 13.6 Å². The van der Waals surface area contributed by atoms with E-state index in [-0.39, 0.29) is 5.56 Å². The molecule has 2 aromatic rings. The summed E-state index contributed by atoms with van der Waals surface area (Å²) in [6, 6.07) is 3.81. The molecule has 0 spiro atoms. The average Bonchev–Trinajstić information content (AvgIpc) is 3.25. The van der Waals surface area contributed by atoms with Crippen molar-refractivity contribution in [3.05, 3.63) is 51.5 Å². The standard InChI is InChI=1S/C17H17F2N3OS/c18-11-2-1-3-12(19)16(11)15-8-13(22-23-15)17-21-14(9-24-17)10-4-6-20-7-5-10/h1-3,9-10,15,20H,4-8H2. The molecule has 2 aliphatic rings. The maximum absolute atomic E-state index is 13.9. The Bertz CT molecular complexity index is 751. The largest absolute Gasteiger partial charge is 0.387 e. The number of nitrogens with zero attached hydrogens (tertiary/aromatic N) is 2. The third-order valence-electron chi connectivity index (χ3n) is 4.52. The van der Waals surface area contributed by atoms with E-state index in [1.807, 2.05) is 0 Å². The van der Waals surface area contributed by atoms with Crippen LogP contribution in [0.25, 0.3) is 0 Å². The van der Waals surface area contributed by atoms with Crippen LogP contribution >= 0.6 is 11.3 Å². The Hall–Kier alpha value is -1.86. The second-order valence-corrected chi connectivity index (χ2v) is 6.93. The maximum Gasteiger partial charge on any atom is 0.164 e. The van der Waals surface area contributed by atoms with Gasteiger partial charge in [-0.2, -0.15) is 0 Å². The molecule has 0 bridgehead atoms. The van der Waals surface area contributed by atoms with E-state index in [0.717, 1.165) is 36.6 Å². The van der Waals surface area contributed by atoms with Crippen LogP contribution in [0.5, 0.6) is 0 Å². The quantitative estimate of drug-likeness (QED) is 0.918. The van der Waals surface area contributed by atoms with Gasteiger partial charge in [-0.15, -0.1) is 11.3 Å². The number of rotatable bonds is 3. The summed E-state index contributed by atoms with van der Waals surface area (Å²) < 4.78 is 27.8. The molecule has 1 aromatic heterocycles. The summed E-state index contributed by atoms with van der Waals surface area (Å²) in [6.45, 7) is 2.02. The Kier molecular flexibility index (Phi) is 4.28. The molecular formula is C17H17F2N3OS. The molecule has 1 unspecified atom stereocenters. The van der Waals surface area contributed by atoms with E-state index < -0.39 is 17.7 Å². The Morgan fingerprint density at radius 2 is 1.92 bits per heavy atom. The Labute approximate surface area is 142 Å². The second-order valence-electron chi connectivity index (χ2n) is 6.07. The summed E-state index contributed by atoms with van der Waals surface area (Å²) >= 11 is 1.52. The van der Waals surface area contributed by atoms with Gasteiger partial charge in [0.25, 0.3) is 0 Å². The number of halogens is 2. The molecule has 4 rings (SSSR count). The zero-order valence-electron chi connectivity index (χ0n) is 13.0. The first-order chi connectivity index (χ1) is 11.7. The van der Waals surface area contributed by atoms with Crippen LogP contribution in [0.2, 0.25) is 0 Å². The van der Waals surface area contributed by atoms with Gasteiger partial charge < -0.3 is 10.2 Å². The highest BCUT2D eigenvalue weighted by Crippen LogP contribution is 2.34. The van der Waals surface area contributed by atoms with Gasteiger partial charge in [-0.05, 0) is 38.1 Å². The number of aromatic nitrogens is 1. The average molecular weight is 349 g/mol. The van der Waals surface area contributed by atoms with Crippen LogP contribution in [0.3, 0.4) is 0 Å². The van der Waals surface area contributed by atoms with E-state index in [2.05, 4.69) is 20.8 Å². The van der Waals surface area contributed by atoms with Crippen molar-refractivity contribution in [2.75, 3.05) is 13.1 Å². The highest BCUT2D eigenvalue weighted by atomic mass is 32.1. The van der Waals surface area contributed by atoms with E-state index in [4.69, 9.17) is 4.84 Å². The van der Waals surface area contributed by atoms with Gasteiger partial charge in [0, 0.05) is 17.7 Å². The van der Waals surface area contributed by atoms with Gasteiger partial charge in [-0.25, -0.2) is 13.8 Å². The smallest absolute Gasteiger partial charge is 0.164 e. The highest BCUT2D eigenvalue weighted by molar-refractivity contribution is 7.11. The highest BCUT2D eigenvalue weighted by Gasteiger charge is 2.30. The number of thiazole rings is 1. The monoisotopic (exact) mass is 349 g/mol. The molecule has 3 heterocycles. The van der Waals surface area contributed by atoms with E-state index in [1.165, 1.54) is 29.5 Å². The van der Waals surface area contributed by atoms with Crippen molar-refractivity contribution in [3.8, 4) is 0 Å². The van der Waals surface area contributed by atoms with Crippen LogP contribution < -0.4 is 5.32 Å². The van der Waals surface area contributed by atoms with Crippen molar-refractivity contribution in [1.29, 1.82) is 0 Å². The normalized spacial score (nSPS) is 21.6. The number of benzene rings is 1. The fourth-order valence-electron chi connectivity index (χ4n) is 3.20. The molecule has 7 heteroatoms. The fourth-order valence-corrected chi connectivity index (χ4v) is 4.09. The van der Waals surface area contributed by atoms with Crippen LogP contribution in [-0.4, -0.2) is 23.8 Å². The molecule has 0 aliphatic carbocycles. The summed E-state index contributed by atoms with van der Waals surface area (Å²) in [7, 11) is 0. The van der Waals surface area contributed by atoms with Crippen molar-refractivity contribution in [3.63, 3.8) is 0 Å². The van der Waals surface area contributed by atoms with Gasteiger partial charge in [0.05, 0.1) is 11.3 Å². The molecule has 1 fully saturated rings. The molecule has 4 nitrogen and oxygen atoms in total. The van der Waals surface area contributed by atoms with Crippen LogP contribution in [0.4, 0.5) is 8.78 Å². The second kappa shape index (κ2) is 6.57. The molecular weight excluding hydrogens is 332 g/mol. The van der Waals surface area contributed by atoms with Gasteiger partial charge in [0.15, 0.2) is 6.10 Å². The summed E-state index contributed by atoms with van der Waals surface area (Å²) in [5, 5.41) is 10.2. The predicted octanol–water partition coefficient (Wildman–Crippen LogP) is 3.75. The summed E-state index contributed by atoms with van der Waals surface area (Å²) in [4.78, 5) is 9.97. The Morgan fingerprint density at radius 1 is 1.17 bits per heavy atom. The minimum absolute atomic E-state index is 0.0635. The van der Waals surface area contributed by atoms with E-state index in [1.54, 1.807) is 0 Å². The van der Waals surface area contributed by atoms with Gasteiger partial charge in [0.2, 0.25) is 0 Å². The van der Waals surface area contributed by atoms with Crippen molar-refractivity contribution >= 4 is 17.0 Å². The van der Waals surface area contributed by atoms with Gasteiger partial charge >= 0.3 is 0 Å². The lowest BCUT2D eigenvalue weighted by atomic mass is 9.95.